The third-order valence-electron chi connectivity index (χ3n) is 4.64. The van der Waals surface area contributed by atoms with Crippen LogP contribution < -0.4 is 5.32 Å². The Labute approximate surface area is 140 Å². The van der Waals surface area contributed by atoms with Crippen LogP contribution in [0.5, 0.6) is 0 Å². The first-order valence-corrected chi connectivity index (χ1v) is 8.66. The van der Waals surface area contributed by atoms with E-state index in [0.29, 0.717) is 17.8 Å². The summed E-state index contributed by atoms with van der Waals surface area (Å²) < 4.78 is 5.47. The van der Waals surface area contributed by atoms with E-state index < -0.39 is 0 Å². The number of rotatable bonds is 6. The molecule has 0 aromatic heterocycles. The van der Waals surface area contributed by atoms with Gasteiger partial charge in [0.2, 0.25) is 0 Å². The first-order valence-electron chi connectivity index (χ1n) is 8.66. The van der Waals surface area contributed by atoms with Crippen molar-refractivity contribution in [3.63, 3.8) is 0 Å². The van der Waals surface area contributed by atoms with Gasteiger partial charge in [0.15, 0.2) is 5.96 Å². The number of guanidine groups is 1. The molecule has 0 amide bonds. The van der Waals surface area contributed by atoms with Crippen LogP contribution in [0, 0.1) is 11.8 Å². The Morgan fingerprint density at radius 2 is 2.09 bits per heavy atom. The van der Waals surface area contributed by atoms with Crippen molar-refractivity contribution in [1.82, 2.24) is 10.2 Å². The minimum absolute atomic E-state index is 0.483. The summed E-state index contributed by atoms with van der Waals surface area (Å²) in [6, 6.07) is 10.7. The predicted octanol–water partition coefficient (Wildman–Crippen LogP) is 2.97. The lowest BCUT2D eigenvalue weighted by molar-refractivity contribution is 0.181. The van der Waals surface area contributed by atoms with Gasteiger partial charge in [0, 0.05) is 45.6 Å². The molecule has 2 unspecified atom stereocenters. The molecule has 1 heterocycles. The molecule has 0 radical (unpaired) electrons. The zero-order valence-electron chi connectivity index (χ0n) is 15.0. The summed E-state index contributed by atoms with van der Waals surface area (Å²) in [4.78, 5) is 6.67. The van der Waals surface area contributed by atoms with E-state index in [1.165, 1.54) is 5.56 Å². The van der Waals surface area contributed by atoms with E-state index in [1.54, 1.807) is 0 Å². The Kier molecular flexibility index (Phi) is 6.90. The molecule has 1 saturated heterocycles. The zero-order chi connectivity index (χ0) is 16.7. The highest BCUT2D eigenvalue weighted by molar-refractivity contribution is 5.79. The van der Waals surface area contributed by atoms with Gasteiger partial charge in [0.1, 0.15) is 0 Å². The van der Waals surface area contributed by atoms with Gasteiger partial charge in [-0.05, 0) is 17.9 Å². The van der Waals surface area contributed by atoms with E-state index in [2.05, 4.69) is 66.4 Å². The number of nitrogens with zero attached hydrogens (tertiary/aromatic N) is 2. The van der Waals surface area contributed by atoms with Gasteiger partial charge in [0.05, 0.1) is 6.61 Å². The van der Waals surface area contributed by atoms with Crippen LogP contribution in [0.4, 0.5) is 0 Å². The van der Waals surface area contributed by atoms with Crippen molar-refractivity contribution in [3.05, 3.63) is 35.9 Å². The van der Waals surface area contributed by atoms with E-state index in [4.69, 9.17) is 4.74 Å². The predicted molar refractivity (Wildman–Crippen MR) is 96.9 cm³/mol. The Morgan fingerprint density at radius 1 is 1.35 bits per heavy atom. The van der Waals surface area contributed by atoms with E-state index in [9.17, 15) is 0 Å². The third kappa shape index (κ3) is 5.24. The smallest absolute Gasteiger partial charge is 0.193 e. The van der Waals surface area contributed by atoms with Crippen molar-refractivity contribution in [2.24, 2.45) is 16.8 Å². The van der Waals surface area contributed by atoms with Crippen LogP contribution in [0.3, 0.4) is 0 Å². The Balaban J connectivity index is 1.92. The van der Waals surface area contributed by atoms with Crippen LogP contribution in [0.1, 0.15) is 31.7 Å². The fraction of sp³-hybridized carbons (Fsp3) is 0.632. The Bertz CT molecular complexity index is 481. The van der Waals surface area contributed by atoms with Crippen molar-refractivity contribution in [3.8, 4) is 0 Å². The molecule has 4 nitrogen and oxygen atoms in total. The number of nitrogens with one attached hydrogen (secondary N) is 1. The highest BCUT2D eigenvalue weighted by Crippen LogP contribution is 2.23. The second-order valence-corrected chi connectivity index (χ2v) is 6.80. The molecule has 0 saturated carbocycles. The molecular weight excluding hydrogens is 286 g/mol. The lowest BCUT2D eigenvalue weighted by atomic mass is 9.88. The van der Waals surface area contributed by atoms with E-state index in [-0.39, 0.29) is 0 Å². The van der Waals surface area contributed by atoms with Crippen LogP contribution in [-0.4, -0.2) is 51.3 Å². The molecule has 1 aromatic rings. The molecule has 0 aliphatic carbocycles. The number of ether oxygens (including phenoxy) is 1. The lowest BCUT2D eigenvalue weighted by Gasteiger charge is -2.28. The van der Waals surface area contributed by atoms with Gasteiger partial charge in [-0.15, -0.1) is 0 Å². The molecule has 128 valence electrons. The van der Waals surface area contributed by atoms with Crippen molar-refractivity contribution >= 4 is 5.96 Å². The summed E-state index contributed by atoms with van der Waals surface area (Å²) in [5.74, 6) is 2.65. The SMILES string of the molecule is CN=C(NCC(c1ccccc1)C(C)C)N(C)CC1CCOC1. The Hall–Kier alpha value is -1.55. The highest BCUT2D eigenvalue weighted by atomic mass is 16.5. The molecular formula is C19H31N3O. The van der Waals surface area contributed by atoms with Crippen molar-refractivity contribution in [2.45, 2.75) is 26.2 Å². The molecule has 2 rings (SSSR count). The van der Waals surface area contributed by atoms with Gasteiger partial charge in [0.25, 0.3) is 0 Å². The monoisotopic (exact) mass is 317 g/mol. The Morgan fingerprint density at radius 3 is 2.65 bits per heavy atom. The summed E-state index contributed by atoms with van der Waals surface area (Å²) in [5.41, 5.74) is 1.39. The van der Waals surface area contributed by atoms with Crippen LogP contribution in [0.2, 0.25) is 0 Å². The molecule has 23 heavy (non-hydrogen) atoms. The topological polar surface area (TPSA) is 36.9 Å². The van der Waals surface area contributed by atoms with Crippen LogP contribution in [-0.2, 0) is 4.74 Å². The molecule has 0 spiro atoms. The third-order valence-corrected chi connectivity index (χ3v) is 4.64. The quantitative estimate of drug-likeness (QED) is 0.647. The molecule has 1 aliphatic rings. The molecule has 1 N–H and O–H groups in total. The summed E-state index contributed by atoms with van der Waals surface area (Å²) in [6.45, 7) is 8.23. The molecule has 4 heteroatoms. The van der Waals surface area contributed by atoms with Crippen molar-refractivity contribution in [2.75, 3.05) is 40.4 Å². The maximum atomic E-state index is 5.47. The number of aliphatic imine (C=N–C) groups is 1. The highest BCUT2D eigenvalue weighted by Gasteiger charge is 2.20. The van der Waals surface area contributed by atoms with Crippen molar-refractivity contribution in [1.29, 1.82) is 0 Å². The standard InChI is InChI=1S/C19H31N3O/c1-15(2)18(17-8-6-5-7-9-17)12-21-19(20-3)22(4)13-16-10-11-23-14-16/h5-9,15-16,18H,10-14H2,1-4H3,(H,20,21). The molecule has 1 aromatic carbocycles. The van der Waals surface area contributed by atoms with Gasteiger partial charge < -0.3 is 15.0 Å². The summed E-state index contributed by atoms with van der Waals surface area (Å²) >= 11 is 0. The molecule has 1 fully saturated rings. The summed E-state index contributed by atoms with van der Waals surface area (Å²) in [7, 11) is 3.97. The minimum atomic E-state index is 0.483. The lowest BCUT2D eigenvalue weighted by Crippen LogP contribution is -2.43. The van der Waals surface area contributed by atoms with Crippen LogP contribution >= 0.6 is 0 Å². The average molecular weight is 317 g/mol. The second-order valence-electron chi connectivity index (χ2n) is 6.80. The van der Waals surface area contributed by atoms with Crippen LogP contribution in [0.25, 0.3) is 0 Å². The largest absolute Gasteiger partial charge is 0.381 e. The number of benzene rings is 1. The van der Waals surface area contributed by atoms with Gasteiger partial charge in [-0.2, -0.15) is 0 Å². The van der Waals surface area contributed by atoms with Crippen molar-refractivity contribution < 1.29 is 4.74 Å². The number of hydrogen-bond donors (Lipinski definition) is 1. The normalized spacial score (nSPS) is 19.9. The first kappa shape index (κ1) is 17.8. The number of hydrogen-bond acceptors (Lipinski definition) is 2. The van der Waals surface area contributed by atoms with Gasteiger partial charge in [-0.3, -0.25) is 4.99 Å². The maximum Gasteiger partial charge on any atom is 0.193 e. The minimum Gasteiger partial charge on any atom is -0.381 e. The zero-order valence-corrected chi connectivity index (χ0v) is 15.0. The fourth-order valence-corrected chi connectivity index (χ4v) is 3.23. The first-order chi connectivity index (χ1) is 11.1. The van der Waals surface area contributed by atoms with Gasteiger partial charge in [-0.1, -0.05) is 44.2 Å². The molecule has 0 bridgehead atoms. The average Bonchev–Trinajstić information content (AvgIpc) is 3.05. The van der Waals surface area contributed by atoms with Crippen LogP contribution in [0.15, 0.2) is 35.3 Å². The van der Waals surface area contributed by atoms with E-state index in [1.807, 2.05) is 7.05 Å². The van der Waals surface area contributed by atoms with E-state index in [0.717, 1.165) is 38.7 Å². The summed E-state index contributed by atoms with van der Waals surface area (Å²) in [6.07, 6.45) is 1.15. The molecule has 2 atom stereocenters. The fourth-order valence-electron chi connectivity index (χ4n) is 3.23. The molecule has 1 aliphatic heterocycles. The van der Waals surface area contributed by atoms with Gasteiger partial charge >= 0.3 is 0 Å². The van der Waals surface area contributed by atoms with Gasteiger partial charge in [-0.25, -0.2) is 0 Å². The second kappa shape index (κ2) is 8.92. The van der Waals surface area contributed by atoms with E-state index >= 15 is 0 Å². The summed E-state index contributed by atoms with van der Waals surface area (Å²) in [5, 5.41) is 3.56. The maximum absolute atomic E-state index is 5.47.